The molecule has 0 saturated heterocycles. The summed E-state index contributed by atoms with van der Waals surface area (Å²) < 4.78 is 9.76. The molecule has 1 heterocycles. The van der Waals surface area contributed by atoms with Crippen LogP contribution in [0.4, 0.5) is 4.79 Å². The molecule has 0 fully saturated rings. The van der Waals surface area contributed by atoms with Crippen LogP contribution in [0.2, 0.25) is 0 Å². The molecule has 3 N–H and O–H groups in total. The van der Waals surface area contributed by atoms with Gasteiger partial charge in [-0.05, 0) is 12.1 Å². The van der Waals surface area contributed by atoms with Gasteiger partial charge in [0.2, 0.25) is 0 Å². The van der Waals surface area contributed by atoms with Gasteiger partial charge in [0.15, 0.2) is 0 Å². The van der Waals surface area contributed by atoms with Gasteiger partial charge < -0.3 is 24.9 Å². The Morgan fingerprint density at radius 2 is 2.24 bits per heavy atom. The Morgan fingerprint density at radius 3 is 2.88 bits per heavy atom. The van der Waals surface area contributed by atoms with E-state index in [1.54, 1.807) is 12.1 Å². The lowest BCUT2D eigenvalue weighted by Gasteiger charge is -2.06. The Hall–Kier alpha value is -2.02. The normalized spacial score (nSPS) is 9.88. The molecule has 94 valence electrons. The van der Waals surface area contributed by atoms with E-state index in [0.29, 0.717) is 12.3 Å². The van der Waals surface area contributed by atoms with E-state index >= 15 is 0 Å². The summed E-state index contributed by atoms with van der Waals surface area (Å²) in [7, 11) is 0. The number of hydrogen-bond acceptors (Lipinski definition) is 4. The number of nitrogens with one attached hydrogen (secondary N) is 2. The molecule has 0 unspecified atom stereocenters. The monoisotopic (exact) mass is 242 g/mol. The fourth-order valence-corrected chi connectivity index (χ4v) is 1.04. The van der Waals surface area contributed by atoms with E-state index in [4.69, 9.17) is 14.3 Å². The van der Waals surface area contributed by atoms with E-state index in [1.165, 1.54) is 6.26 Å². The smallest absolute Gasteiger partial charge is 0.329 e. The Balaban J connectivity index is 2.00. The molecule has 1 rings (SSSR count). The highest BCUT2D eigenvalue weighted by Crippen LogP contribution is 1.97. The zero-order chi connectivity index (χ0) is 12.5. The lowest BCUT2D eigenvalue weighted by molar-refractivity contribution is -0.142. The third-order valence-electron chi connectivity index (χ3n) is 1.76. The number of furan rings is 1. The topological polar surface area (TPSA) is 101 Å². The number of hydrogen-bond donors (Lipinski definition) is 3. The van der Waals surface area contributed by atoms with Crippen molar-refractivity contribution >= 4 is 12.0 Å². The van der Waals surface area contributed by atoms with E-state index in [0.717, 1.165) is 0 Å². The van der Waals surface area contributed by atoms with Crippen LogP contribution in [0.15, 0.2) is 22.8 Å². The standard InChI is InChI=1S/C10H14N2O5/c13-9(14)7-16-5-3-11-10(15)12-6-8-2-1-4-17-8/h1-2,4H,3,5-7H2,(H,13,14)(H2,11,12,15). The first-order chi connectivity index (χ1) is 8.18. The van der Waals surface area contributed by atoms with Gasteiger partial charge in [0.05, 0.1) is 19.4 Å². The highest BCUT2D eigenvalue weighted by Gasteiger charge is 2.01. The maximum absolute atomic E-state index is 11.2. The summed E-state index contributed by atoms with van der Waals surface area (Å²) >= 11 is 0. The van der Waals surface area contributed by atoms with Crippen LogP contribution in [0.25, 0.3) is 0 Å². The molecular weight excluding hydrogens is 228 g/mol. The van der Waals surface area contributed by atoms with Gasteiger partial charge in [0, 0.05) is 6.54 Å². The summed E-state index contributed by atoms with van der Waals surface area (Å²) in [5.41, 5.74) is 0. The third kappa shape index (κ3) is 6.21. The van der Waals surface area contributed by atoms with Gasteiger partial charge in [-0.25, -0.2) is 9.59 Å². The van der Waals surface area contributed by atoms with Crippen molar-refractivity contribution in [3.8, 4) is 0 Å². The molecule has 0 aliphatic rings. The Labute approximate surface area is 97.7 Å². The second kappa shape index (κ2) is 7.29. The van der Waals surface area contributed by atoms with Crippen LogP contribution in [0.1, 0.15) is 5.76 Å². The summed E-state index contributed by atoms with van der Waals surface area (Å²) in [6.07, 6.45) is 1.52. The van der Waals surface area contributed by atoms with Crippen molar-refractivity contribution in [1.82, 2.24) is 10.6 Å². The minimum Gasteiger partial charge on any atom is -0.480 e. The first-order valence-electron chi connectivity index (χ1n) is 5.02. The van der Waals surface area contributed by atoms with Crippen LogP contribution in [0, 0.1) is 0 Å². The van der Waals surface area contributed by atoms with E-state index in [9.17, 15) is 9.59 Å². The summed E-state index contributed by atoms with van der Waals surface area (Å²) in [5.74, 6) is -0.380. The first kappa shape index (κ1) is 13.0. The van der Waals surface area contributed by atoms with E-state index in [2.05, 4.69) is 10.6 Å². The average Bonchev–Trinajstić information content (AvgIpc) is 2.78. The molecule has 7 heteroatoms. The summed E-state index contributed by atoms with van der Waals surface area (Å²) in [6.45, 7) is 0.336. The quantitative estimate of drug-likeness (QED) is 0.592. The summed E-state index contributed by atoms with van der Waals surface area (Å²) in [5, 5.41) is 13.4. The van der Waals surface area contributed by atoms with Crippen LogP contribution in [-0.4, -0.2) is 36.9 Å². The molecule has 1 aromatic heterocycles. The second-order valence-corrected chi connectivity index (χ2v) is 3.14. The molecule has 0 atom stereocenters. The van der Waals surface area contributed by atoms with Crippen LogP contribution in [-0.2, 0) is 16.1 Å². The van der Waals surface area contributed by atoms with Crippen molar-refractivity contribution in [3.63, 3.8) is 0 Å². The van der Waals surface area contributed by atoms with Crippen molar-refractivity contribution in [1.29, 1.82) is 0 Å². The molecule has 0 spiro atoms. The molecule has 0 aliphatic heterocycles. The van der Waals surface area contributed by atoms with Crippen molar-refractivity contribution in [2.24, 2.45) is 0 Å². The highest BCUT2D eigenvalue weighted by molar-refractivity contribution is 5.73. The van der Waals surface area contributed by atoms with E-state index in [1.807, 2.05) is 0 Å². The zero-order valence-corrected chi connectivity index (χ0v) is 9.14. The SMILES string of the molecule is O=C(O)COCCNC(=O)NCc1ccco1. The van der Waals surface area contributed by atoms with Gasteiger partial charge >= 0.3 is 12.0 Å². The molecule has 0 aromatic carbocycles. The van der Waals surface area contributed by atoms with Gasteiger partial charge in [-0.3, -0.25) is 0 Å². The molecule has 0 radical (unpaired) electrons. The number of carboxylic acids is 1. The molecule has 1 aromatic rings. The van der Waals surface area contributed by atoms with Crippen molar-refractivity contribution in [3.05, 3.63) is 24.2 Å². The van der Waals surface area contributed by atoms with Crippen molar-refractivity contribution in [2.45, 2.75) is 6.54 Å². The van der Waals surface area contributed by atoms with Gasteiger partial charge in [-0.15, -0.1) is 0 Å². The summed E-state index contributed by atoms with van der Waals surface area (Å²) in [4.78, 5) is 21.3. The molecule has 0 saturated carbocycles. The lowest BCUT2D eigenvalue weighted by Crippen LogP contribution is -2.37. The van der Waals surface area contributed by atoms with E-state index < -0.39 is 5.97 Å². The largest absolute Gasteiger partial charge is 0.480 e. The number of aliphatic carboxylic acids is 1. The second-order valence-electron chi connectivity index (χ2n) is 3.14. The van der Waals surface area contributed by atoms with Gasteiger partial charge in [0.25, 0.3) is 0 Å². The third-order valence-corrected chi connectivity index (χ3v) is 1.76. The van der Waals surface area contributed by atoms with Crippen molar-refractivity contribution < 1.29 is 23.8 Å². The molecule has 17 heavy (non-hydrogen) atoms. The van der Waals surface area contributed by atoms with Crippen LogP contribution < -0.4 is 10.6 Å². The minimum absolute atomic E-state index is 0.153. The maximum atomic E-state index is 11.2. The van der Waals surface area contributed by atoms with E-state index in [-0.39, 0.29) is 25.8 Å². The Kier molecular flexibility index (Phi) is 5.59. The number of carboxylic acid groups (broad SMARTS) is 1. The molecule has 2 amide bonds. The van der Waals surface area contributed by atoms with Crippen LogP contribution >= 0.6 is 0 Å². The van der Waals surface area contributed by atoms with Crippen molar-refractivity contribution in [2.75, 3.05) is 19.8 Å². The van der Waals surface area contributed by atoms with Gasteiger partial charge in [-0.1, -0.05) is 0 Å². The average molecular weight is 242 g/mol. The molecular formula is C10H14N2O5. The van der Waals surface area contributed by atoms with Gasteiger partial charge in [0.1, 0.15) is 12.4 Å². The fourth-order valence-electron chi connectivity index (χ4n) is 1.04. The molecule has 0 bridgehead atoms. The summed E-state index contributed by atoms with van der Waals surface area (Å²) in [6, 6.07) is 3.12. The maximum Gasteiger partial charge on any atom is 0.329 e. The number of carbonyl (C=O) groups is 2. The number of carbonyl (C=O) groups excluding carboxylic acids is 1. The predicted molar refractivity (Wildman–Crippen MR) is 57.4 cm³/mol. The van der Waals surface area contributed by atoms with Gasteiger partial charge in [-0.2, -0.15) is 0 Å². The molecule has 7 nitrogen and oxygen atoms in total. The minimum atomic E-state index is -1.03. The first-order valence-corrected chi connectivity index (χ1v) is 5.02. The van der Waals surface area contributed by atoms with Crippen LogP contribution in [0.5, 0.6) is 0 Å². The number of urea groups is 1. The fraction of sp³-hybridized carbons (Fsp3) is 0.400. The Bertz CT molecular complexity index is 350. The lowest BCUT2D eigenvalue weighted by atomic mass is 10.4. The number of rotatable bonds is 7. The molecule has 0 aliphatic carbocycles. The number of amides is 2. The highest BCUT2D eigenvalue weighted by atomic mass is 16.5. The predicted octanol–water partition coefficient (Wildman–Crippen LogP) is 0.180. The number of ether oxygens (including phenoxy) is 1. The van der Waals surface area contributed by atoms with Crippen LogP contribution in [0.3, 0.4) is 0 Å². The Morgan fingerprint density at radius 1 is 1.41 bits per heavy atom. The zero-order valence-electron chi connectivity index (χ0n) is 9.14.